The second kappa shape index (κ2) is 6.20. The van der Waals surface area contributed by atoms with E-state index in [0.29, 0.717) is 17.2 Å². The van der Waals surface area contributed by atoms with Crippen molar-refractivity contribution in [3.8, 4) is 0 Å². The van der Waals surface area contributed by atoms with E-state index >= 15 is 0 Å². The van der Waals surface area contributed by atoms with Crippen LogP contribution in [0.2, 0.25) is 0 Å². The fourth-order valence-corrected chi connectivity index (χ4v) is 2.52. The molecule has 1 amide bonds. The lowest BCUT2D eigenvalue weighted by molar-refractivity contribution is 0.0918. The Kier molecular flexibility index (Phi) is 4.57. The number of anilines is 1. The second-order valence-corrected chi connectivity index (χ2v) is 6.12. The van der Waals surface area contributed by atoms with Crippen molar-refractivity contribution in [3.05, 3.63) is 17.7 Å². The number of nitrogens with one attached hydrogen (secondary N) is 1. The van der Waals surface area contributed by atoms with Crippen molar-refractivity contribution in [1.82, 2.24) is 15.3 Å². The van der Waals surface area contributed by atoms with Gasteiger partial charge in [0.05, 0.1) is 11.9 Å². The van der Waals surface area contributed by atoms with Gasteiger partial charge >= 0.3 is 0 Å². The zero-order valence-corrected chi connectivity index (χ0v) is 12.5. The molecule has 1 aromatic rings. The average molecular weight is 276 g/mol. The summed E-state index contributed by atoms with van der Waals surface area (Å²) in [5.41, 5.74) is 6.48. The number of carbonyl (C=O) groups excluding carboxylic acids is 1. The zero-order chi connectivity index (χ0) is 14.7. The smallest absolute Gasteiger partial charge is 0.272 e. The lowest BCUT2D eigenvalue weighted by Gasteiger charge is -2.26. The number of amides is 1. The molecule has 0 saturated heterocycles. The third-order valence-corrected chi connectivity index (χ3v) is 3.92. The van der Waals surface area contributed by atoms with Gasteiger partial charge in [0.25, 0.3) is 5.91 Å². The van der Waals surface area contributed by atoms with Crippen molar-refractivity contribution in [2.45, 2.75) is 58.4 Å². The van der Waals surface area contributed by atoms with Crippen molar-refractivity contribution >= 4 is 11.6 Å². The summed E-state index contributed by atoms with van der Waals surface area (Å²) < 4.78 is 0. The van der Waals surface area contributed by atoms with Gasteiger partial charge in [-0.1, -0.05) is 20.8 Å². The fraction of sp³-hybridized carbons (Fsp3) is 0.667. The number of nitrogens with two attached hydrogens (primary N) is 1. The van der Waals surface area contributed by atoms with Gasteiger partial charge < -0.3 is 11.1 Å². The lowest BCUT2D eigenvalue weighted by atomic mass is 9.87. The summed E-state index contributed by atoms with van der Waals surface area (Å²) in [6, 6.07) is 0.246. The van der Waals surface area contributed by atoms with Gasteiger partial charge in [-0.05, 0) is 31.6 Å². The molecular formula is C15H24N4O. The van der Waals surface area contributed by atoms with Crippen molar-refractivity contribution in [3.63, 3.8) is 0 Å². The van der Waals surface area contributed by atoms with Gasteiger partial charge in [0.1, 0.15) is 5.82 Å². The molecule has 20 heavy (non-hydrogen) atoms. The highest BCUT2D eigenvalue weighted by Crippen LogP contribution is 2.24. The van der Waals surface area contributed by atoms with Crippen LogP contribution in [-0.2, 0) is 0 Å². The molecule has 0 radical (unpaired) electrons. The van der Waals surface area contributed by atoms with Gasteiger partial charge in [0.15, 0.2) is 5.69 Å². The Labute approximate surface area is 120 Å². The van der Waals surface area contributed by atoms with Crippen LogP contribution < -0.4 is 11.1 Å². The summed E-state index contributed by atoms with van der Waals surface area (Å²) in [6.45, 7) is 6.25. The van der Waals surface area contributed by atoms with Crippen LogP contribution in [0.3, 0.4) is 0 Å². The van der Waals surface area contributed by atoms with E-state index in [-0.39, 0.29) is 17.9 Å². The van der Waals surface area contributed by atoms with Crippen LogP contribution in [-0.4, -0.2) is 21.9 Å². The largest absolute Gasteiger partial charge is 0.396 e. The predicted octanol–water partition coefficient (Wildman–Crippen LogP) is 2.49. The molecule has 1 aliphatic rings. The first-order chi connectivity index (χ1) is 9.47. The topological polar surface area (TPSA) is 80.9 Å². The molecule has 5 nitrogen and oxygen atoms in total. The summed E-state index contributed by atoms with van der Waals surface area (Å²) >= 11 is 0. The molecule has 0 atom stereocenters. The van der Waals surface area contributed by atoms with Gasteiger partial charge in [-0.2, -0.15) is 0 Å². The number of nitrogens with zero attached hydrogens (tertiary/aromatic N) is 2. The number of aromatic nitrogens is 2. The lowest BCUT2D eigenvalue weighted by Crippen LogP contribution is -2.38. The van der Waals surface area contributed by atoms with Crippen LogP contribution in [0.5, 0.6) is 0 Å². The van der Waals surface area contributed by atoms with E-state index in [2.05, 4.69) is 22.2 Å². The molecule has 1 aromatic heterocycles. The van der Waals surface area contributed by atoms with Gasteiger partial charge in [0, 0.05) is 12.0 Å². The molecule has 110 valence electrons. The van der Waals surface area contributed by atoms with Gasteiger partial charge in [-0.3, -0.25) is 4.79 Å². The number of hydrogen-bond acceptors (Lipinski definition) is 4. The molecule has 0 aromatic carbocycles. The molecule has 1 fully saturated rings. The third-order valence-electron chi connectivity index (χ3n) is 3.92. The highest BCUT2D eigenvalue weighted by atomic mass is 16.2. The predicted molar refractivity (Wildman–Crippen MR) is 79.4 cm³/mol. The maximum absolute atomic E-state index is 12.3. The zero-order valence-electron chi connectivity index (χ0n) is 12.5. The van der Waals surface area contributed by atoms with Crippen LogP contribution in [0.15, 0.2) is 6.20 Å². The maximum atomic E-state index is 12.3. The summed E-state index contributed by atoms with van der Waals surface area (Å²) in [7, 11) is 0. The van der Waals surface area contributed by atoms with E-state index in [4.69, 9.17) is 5.73 Å². The first kappa shape index (κ1) is 14.8. The normalized spacial score (nSPS) is 22.8. The monoisotopic (exact) mass is 276 g/mol. The molecular weight excluding hydrogens is 252 g/mol. The number of hydrogen-bond donors (Lipinski definition) is 2. The van der Waals surface area contributed by atoms with Crippen LogP contribution in [0.4, 0.5) is 5.69 Å². The van der Waals surface area contributed by atoms with E-state index in [1.807, 2.05) is 13.8 Å². The minimum absolute atomic E-state index is 0.175. The molecule has 0 bridgehead atoms. The SMILES string of the molecule is CC1CCC(NC(=O)c2nc(C(C)C)ncc2N)CC1. The van der Waals surface area contributed by atoms with Gasteiger partial charge in [-0.15, -0.1) is 0 Å². The first-order valence-electron chi connectivity index (χ1n) is 7.40. The Balaban J connectivity index is 2.07. The van der Waals surface area contributed by atoms with E-state index < -0.39 is 0 Å². The molecule has 0 unspecified atom stereocenters. The van der Waals surface area contributed by atoms with Crippen molar-refractivity contribution < 1.29 is 4.79 Å². The minimum atomic E-state index is -0.175. The Hall–Kier alpha value is -1.65. The van der Waals surface area contributed by atoms with E-state index in [0.717, 1.165) is 18.8 Å². The molecule has 2 rings (SSSR count). The quantitative estimate of drug-likeness (QED) is 0.888. The molecule has 1 saturated carbocycles. The molecule has 1 aliphatic carbocycles. The first-order valence-corrected chi connectivity index (χ1v) is 7.40. The molecule has 5 heteroatoms. The van der Waals surface area contributed by atoms with Crippen LogP contribution in [0.1, 0.15) is 68.7 Å². The standard InChI is InChI=1S/C15H24N4O/c1-9(2)14-17-8-12(16)13(19-14)15(20)18-11-6-4-10(3)5-7-11/h8-11H,4-7,16H2,1-3H3,(H,18,20). The van der Waals surface area contributed by atoms with Crippen LogP contribution in [0.25, 0.3) is 0 Å². The molecule has 0 aliphatic heterocycles. The summed E-state index contributed by atoms with van der Waals surface area (Å²) in [4.78, 5) is 20.8. The summed E-state index contributed by atoms with van der Waals surface area (Å²) in [6.07, 6.45) is 5.94. The third kappa shape index (κ3) is 3.46. The van der Waals surface area contributed by atoms with Crippen molar-refractivity contribution in [2.75, 3.05) is 5.73 Å². The molecule has 1 heterocycles. The summed E-state index contributed by atoms with van der Waals surface area (Å²) in [5, 5.41) is 3.05. The molecule has 3 N–H and O–H groups in total. The van der Waals surface area contributed by atoms with Gasteiger partial charge in [-0.25, -0.2) is 9.97 Å². The van der Waals surface area contributed by atoms with Crippen LogP contribution >= 0.6 is 0 Å². The van der Waals surface area contributed by atoms with E-state index in [1.165, 1.54) is 19.0 Å². The number of nitrogen functional groups attached to an aromatic ring is 1. The highest BCUT2D eigenvalue weighted by molar-refractivity contribution is 5.97. The second-order valence-electron chi connectivity index (χ2n) is 6.12. The van der Waals surface area contributed by atoms with E-state index in [9.17, 15) is 4.79 Å². The minimum Gasteiger partial charge on any atom is -0.396 e. The Morgan fingerprint density at radius 1 is 1.35 bits per heavy atom. The fourth-order valence-electron chi connectivity index (χ4n) is 2.52. The maximum Gasteiger partial charge on any atom is 0.272 e. The number of rotatable bonds is 3. The Morgan fingerprint density at radius 2 is 2.00 bits per heavy atom. The Morgan fingerprint density at radius 3 is 2.60 bits per heavy atom. The molecule has 0 spiro atoms. The highest BCUT2D eigenvalue weighted by Gasteiger charge is 2.22. The van der Waals surface area contributed by atoms with Crippen molar-refractivity contribution in [1.29, 1.82) is 0 Å². The number of carbonyl (C=O) groups is 1. The summed E-state index contributed by atoms with van der Waals surface area (Å²) in [5.74, 6) is 1.42. The van der Waals surface area contributed by atoms with Crippen molar-refractivity contribution in [2.24, 2.45) is 5.92 Å². The Bertz CT molecular complexity index is 479. The van der Waals surface area contributed by atoms with Crippen LogP contribution in [0, 0.1) is 5.92 Å². The van der Waals surface area contributed by atoms with E-state index in [1.54, 1.807) is 0 Å². The average Bonchev–Trinajstić information content (AvgIpc) is 2.41. The van der Waals surface area contributed by atoms with Gasteiger partial charge in [0.2, 0.25) is 0 Å².